The monoisotopic (exact) mass is 387 g/mol. The molecule has 2 aliphatic rings. The fourth-order valence-electron chi connectivity index (χ4n) is 3.85. The Labute approximate surface area is 163 Å². The van der Waals surface area contributed by atoms with Crippen LogP contribution in [0.1, 0.15) is 43.7 Å². The van der Waals surface area contributed by atoms with Crippen molar-refractivity contribution in [2.75, 3.05) is 32.7 Å². The predicted molar refractivity (Wildman–Crippen MR) is 107 cm³/mol. The molecule has 2 unspecified atom stereocenters. The molecule has 2 fully saturated rings. The van der Waals surface area contributed by atoms with Crippen molar-refractivity contribution in [2.24, 2.45) is 11.7 Å². The molecule has 2 atom stereocenters. The van der Waals surface area contributed by atoms with Crippen molar-refractivity contribution in [1.29, 1.82) is 0 Å². The van der Waals surface area contributed by atoms with Crippen LogP contribution in [-0.4, -0.2) is 48.4 Å². The van der Waals surface area contributed by atoms with Crippen molar-refractivity contribution in [2.45, 2.75) is 38.1 Å². The third-order valence-electron chi connectivity index (χ3n) is 5.23. The van der Waals surface area contributed by atoms with Gasteiger partial charge in [0.25, 0.3) is 0 Å². The first-order valence-electron chi connectivity index (χ1n) is 9.03. The molecule has 25 heavy (non-hydrogen) atoms. The zero-order valence-electron chi connectivity index (χ0n) is 14.8. The second-order valence-electron chi connectivity index (χ2n) is 7.08. The molecule has 3 rings (SSSR count). The van der Waals surface area contributed by atoms with Crippen molar-refractivity contribution in [3.05, 3.63) is 35.9 Å². The van der Waals surface area contributed by atoms with E-state index in [0.29, 0.717) is 12.3 Å². The van der Waals surface area contributed by atoms with Crippen LogP contribution in [0.3, 0.4) is 0 Å². The molecular formula is C19H31Cl2N3O. The van der Waals surface area contributed by atoms with Gasteiger partial charge in [0.05, 0.1) is 0 Å². The van der Waals surface area contributed by atoms with E-state index >= 15 is 0 Å². The molecule has 6 heteroatoms. The van der Waals surface area contributed by atoms with E-state index in [9.17, 15) is 4.79 Å². The number of hydrogen-bond acceptors (Lipinski definition) is 3. The minimum Gasteiger partial charge on any atom is -0.342 e. The van der Waals surface area contributed by atoms with E-state index in [0.717, 1.165) is 31.6 Å². The summed E-state index contributed by atoms with van der Waals surface area (Å²) in [5.74, 6) is 0.854. The van der Waals surface area contributed by atoms with E-state index in [2.05, 4.69) is 4.90 Å². The lowest BCUT2D eigenvalue weighted by molar-refractivity contribution is -0.130. The van der Waals surface area contributed by atoms with Crippen LogP contribution in [-0.2, 0) is 4.79 Å². The molecule has 2 saturated heterocycles. The number of halogens is 2. The summed E-state index contributed by atoms with van der Waals surface area (Å²) in [4.78, 5) is 17.1. The van der Waals surface area contributed by atoms with Crippen molar-refractivity contribution in [3.8, 4) is 0 Å². The van der Waals surface area contributed by atoms with Crippen LogP contribution in [0.5, 0.6) is 0 Å². The molecule has 1 aromatic rings. The molecule has 0 bridgehead atoms. The molecule has 0 spiro atoms. The zero-order valence-corrected chi connectivity index (χ0v) is 16.4. The van der Waals surface area contributed by atoms with Gasteiger partial charge in [-0.1, -0.05) is 36.8 Å². The molecule has 142 valence electrons. The van der Waals surface area contributed by atoms with Crippen LogP contribution in [0.2, 0.25) is 0 Å². The third kappa shape index (κ3) is 6.45. The number of hydrogen-bond donors (Lipinski definition) is 1. The van der Waals surface area contributed by atoms with Crippen molar-refractivity contribution in [3.63, 3.8) is 0 Å². The van der Waals surface area contributed by atoms with Gasteiger partial charge in [0, 0.05) is 32.1 Å². The SMILES string of the molecule is Cl.Cl.NC(CC(=O)N1CCC(CN2CCCCC2)C1)c1ccccc1. The van der Waals surface area contributed by atoms with Gasteiger partial charge in [-0.25, -0.2) is 0 Å². The molecule has 2 aliphatic heterocycles. The Balaban J connectivity index is 0.00000156. The number of carbonyl (C=O) groups excluding carboxylic acids is 1. The minimum absolute atomic E-state index is 0. The average Bonchev–Trinajstić information content (AvgIpc) is 3.05. The smallest absolute Gasteiger partial charge is 0.224 e. The van der Waals surface area contributed by atoms with Gasteiger partial charge in [-0.3, -0.25) is 4.79 Å². The first-order valence-corrected chi connectivity index (χ1v) is 9.03. The van der Waals surface area contributed by atoms with E-state index in [1.807, 2.05) is 35.2 Å². The van der Waals surface area contributed by atoms with Crippen LogP contribution in [0.15, 0.2) is 30.3 Å². The lowest BCUT2D eigenvalue weighted by Gasteiger charge is -2.29. The van der Waals surface area contributed by atoms with Crippen LogP contribution in [0.4, 0.5) is 0 Å². The van der Waals surface area contributed by atoms with Crippen molar-refractivity contribution >= 4 is 30.7 Å². The van der Waals surface area contributed by atoms with Gasteiger partial charge in [-0.2, -0.15) is 0 Å². The van der Waals surface area contributed by atoms with Crippen LogP contribution < -0.4 is 5.73 Å². The molecule has 0 aromatic heterocycles. The first-order chi connectivity index (χ1) is 11.2. The van der Waals surface area contributed by atoms with E-state index in [-0.39, 0.29) is 36.8 Å². The second-order valence-corrected chi connectivity index (χ2v) is 7.08. The van der Waals surface area contributed by atoms with E-state index < -0.39 is 0 Å². The standard InChI is InChI=1S/C19H29N3O.2ClH/c20-18(17-7-3-1-4-8-17)13-19(23)22-12-9-16(15-22)14-21-10-5-2-6-11-21;;/h1,3-4,7-8,16,18H,2,5-6,9-15,20H2;2*1H. The summed E-state index contributed by atoms with van der Waals surface area (Å²) >= 11 is 0. The number of benzene rings is 1. The molecule has 1 amide bonds. The van der Waals surface area contributed by atoms with Gasteiger partial charge in [-0.05, 0) is 43.8 Å². The molecule has 2 heterocycles. The van der Waals surface area contributed by atoms with Crippen LogP contribution in [0.25, 0.3) is 0 Å². The number of likely N-dealkylation sites (tertiary alicyclic amines) is 2. The maximum absolute atomic E-state index is 12.5. The average molecular weight is 388 g/mol. The summed E-state index contributed by atoms with van der Waals surface area (Å²) in [5, 5.41) is 0. The fraction of sp³-hybridized carbons (Fsp3) is 0.632. The Bertz CT molecular complexity index is 509. The Morgan fingerprint density at radius 1 is 1.08 bits per heavy atom. The number of nitrogens with zero attached hydrogens (tertiary/aromatic N) is 2. The summed E-state index contributed by atoms with van der Waals surface area (Å²) in [6.45, 7) is 5.46. The quantitative estimate of drug-likeness (QED) is 0.843. The molecule has 1 aromatic carbocycles. The number of rotatable bonds is 5. The normalized spacial score (nSPS) is 22.0. The Hall–Kier alpha value is -0.810. The van der Waals surface area contributed by atoms with E-state index in [1.54, 1.807) is 0 Å². The molecule has 2 N–H and O–H groups in total. The van der Waals surface area contributed by atoms with Crippen LogP contribution in [0, 0.1) is 5.92 Å². The Morgan fingerprint density at radius 2 is 1.76 bits per heavy atom. The van der Waals surface area contributed by atoms with Gasteiger partial charge >= 0.3 is 0 Å². The molecular weight excluding hydrogens is 357 g/mol. The number of amides is 1. The van der Waals surface area contributed by atoms with Gasteiger partial charge in [-0.15, -0.1) is 24.8 Å². The first kappa shape index (κ1) is 22.2. The summed E-state index contributed by atoms with van der Waals surface area (Å²) < 4.78 is 0. The fourth-order valence-corrected chi connectivity index (χ4v) is 3.85. The highest BCUT2D eigenvalue weighted by Crippen LogP contribution is 2.22. The molecule has 0 saturated carbocycles. The summed E-state index contributed by atoms with van der Waals surface area (Å²) in [5.41, 5.74) is 7.24. The minimum atomic E-state index is -0.190. The highest BCUT2D eigenvalue weighted by atomic mass is 35.5. The highest BCUT2D eigenvalue weighted by Gasteiger charge is 2.28. The number of carbonyl (C=O) groups is 1. The van der Waals surface area contributed by atoms with Crippen LogP contribution >= 0.6 is 24.8 Å². The largest absolute Gasteiger partial charge is 0.342 e. The van der Waals surface area contributed by atoms with Gasteiger partial charge in [0.1, 0.15) is 0 Å². The van der Waals surface area contributed by atoms with Gasteiger partial charge in [0.15, 0.2) is 0 Å². The third-order valence-corrected chi connectivity index (χ3v) is 5.23. The zero-order chi connectivity index (χ0) is 16.1. The van der Waals surface area contributed by atoms with Gasteiger partial charge < -0.3 is 15.5 Å². The topological polar surface area (TPSA) is 49.6 Å². The molecule has 0 aliphatic carbocycles. The van der Waals surface area contributed by atoms with E-state index in [1.165, 1.54) is 32.4 Å². The van der Waals surface area contributed by atoms with E-state index in [4.69, 9.17) is 5.73 Å². The lowest BCUT2D eigenvalue weighted by Crippen LogP contribution is -2.36. The summed E-state index contributed by atoms with van der Waals surface area (Å²) in [6.07, 6.45) is 5.61. The molecule has 0 radical (unpaired) electrons. The number of nitrogens with two attached hydrogens (primary N) is 1. The number of piperidine rings is 1. The maximum atomic E-state index is 12.5. The summed E-state index contributed by atoms with van der Waals surface area (Å²) in [7, 11) is 0. The van der Waals surface area contributed by atoms with Gasteiger partial charge in [0.2, 0.25) is 5.91 Å². The second kappa shape index (κ2) is 11.0. The lowest BCUT2D eigenvalue weighted by atomic mass is 10.0. The van der Waals surface area contributed by atoms with Crippen molar-refractivity contribution < 1.29 is 4.79 Å². The maximum Gasteiger partial charge on any atom is 0.224 e. The Morgan fingerprint density at radius 3 is 2.44 bits per heavy atom. The Kier molecular flexibility index (Phi) is 9.80. The van der Waals surface area contributed by atoms with Crippen molar-refractivity contribution in [1.82, 2.24) is 9.80 Å². The summed E-state index contributed by atoms with van der Waals surface area (Å²) in [6, 6.07) is 9.74. The highest BCUT2D eigenvalue weighted by molar-refractivity contribution is 5.85. The molecule has 4 nitrogen and oxygen atoms in total. The predicted octanol–water partition coefficient (Wildman–Crippen LogP) is 3.25.